The normalized spacial score (nSPS) is 20.7. The predicted octanol–water partition coefficient (Wildman–Crippen LogP) is 0.472. The molecule has 0 bridgehead atoms. The van der Waals surface area contributed by atoms with E-state index in [1.807, 2.05) is 6.92 Å². The number of nitrogens with two attached hydrogens (primary N) is 1. The van der Waals surface area contributed by atoms with E-state index in [-0.39, 0.29) is 22.5 Å². The summed E-state index contributed by atoms with van der Waals surface area (Å²) in [6, 6.07) is 5.52. The quantitative estimate of drug-likeness (QED) is 0.767. The van der Waals surface area contributed by atoms with Crippen molar-refractivity contribution < 1.29 is 22.7 Å². The van der Waals surface area contributed by atoms with Gasteiger partial charge in [-0.25, -0.2) is 13.6 Å². The molecule has 0 aromatic heterocycles. The summed E-state index contributed by atoms with van der Waals surface area (Å²) in [7, 11) is -3.83. The Morgan fingerprint density at radius 3 is 2.67 bits per heavy atom. The summed E-state index contributed by atoms with van der Waals surface area (Å²) in [4.78, 5) is 23.0. The number of hydrogen-bond acceptors (Lipinski definition) is 5. The molecular weight excluding hydrogens is 296 g/mol. The molecule has 1 aromatic rings. The molecule has 7 nitrogen and oxygen atoms in total. The van der Waals surface area contributed by atoms with Crippen LogP contribution in [0.3, 0.4) is 0 Å². The topological polar surface area (TPSA) is 116 Å². The molecule has 114 valence electrons. The molecule has 1 aromatic carbocycles. The first-order valence-electron chi connectivity index (χ1n) is 6.36. The first-order chi connectivity index (χ1) is 9.77. The van der Waals surface area contributed by atoms with Crippen LogP contribution < -0.4 is 10.5 Å². The highest BCUT2D eigenvalue weighted by Crippen LogP contribution is 2.38. The lowest BCUT2D eigenvalue weighted by atomic mass is 10.3. The average Bonchev–Trinajstić information content (AvgIpc) is 3.12. The first kappa shape index (κ1) is 15.5. The highest BCUT2D eigenvalue weighted by atomic mass is 32.2. The van der Waals surface area contributed by atoms with Crippen molar-refractivity contribution in [2.75, 3.05) is 11.9 Å². The van der Waals surface area contributed by atoms with Crippen molar-refractivity contribution >= 4 is 27.6 Å². The Kier molecular flexibility index (Phi) is 4.29. The summed E-state index contributed by atoms with van der Waals surface area (Å²) in [6.07, 6.45) is 0.789. The lowest BCUT2D eigenvalue weighted by Crippen LogP contribution is -2.22. The van der Waals surface area contributed by atoms with Crippen molar-refractivity contribution in [1.29, 1.82) is 0 Å². The molecule has 0 heterocycles. The molecular formula is C13H16N2O5S. The summed E-state index contributed by atoms with van der Waals surface area (Å²) in [5.74, 6) is -0.713. The minimum absolute atomic E-state index is 0.107. The van der Waals surface area contributed by atoms with E-state index in [1.165, 1.54) is 24.3 Å². The zero-order valence-electron chi connectivity index (χ0n) is 11.4. The fourth-order valence-corrected chi connectivity index (χ4v) is 2.40. The highest BCUT2D eigenvalue weighted by Gasteiger charge is 2.40. The third-order valence-electron chi connectivity index (χ3n) is 3.20. The van der Waals surface area contributed by atoms with Gasteiger partial charge in [0.15, 0.2) is 6.61 Å². The van der Waals surface area contributed by atoms with E-state index in [0.717, 1.165) is 6.42 Å². The number of nitrogens with one attached hydrogen (secondary N) is 1. The summed E-state index contributed by atoms with van der Waals surface area (Å²) in [5, 5.41) is 7.44. The Balaban J connectivity index is 1.89. The summed E-state index contributed by atoms with van der Waals surface area (Å²) < 4.78 is 27.3. The van der Waals surface area contributed by atoms with Crippen molar-refractivity contribution in [1.82, 2.24) is 0 Å². The molecule has 0 unspecified atom stereocenters. The third kappa shape index (κ3) is 4.27. The Morgan fingerprint density at radius 1 is 1.43 bits per heavy atom. The van der Waals surface area contributed by atoms with Gasteiger partial charge in [0.25, 0.3) is 5.91 Å². The molecule has 8 heteroatoms. The first-order valence-corrected chi connectivity index (χ1v) is 7.91. The van der Waals surface area contributed by atoms with Crippen LogP contribution in [0.15, 0.2) is 29.2 Å². The fourth-order valence-electron chi connectivity index (χ4n) is 1.84. The molecule has 1 saturated carbocycles. The van der Waals surface area contributed by atoms with Gasteiger partial charge in [0.2, 0.25) is 10.0 Å². The maximum atomic E-state index is 11.6. The van der Waals surface area contributed by atoms with Gasteiger partial charge in [-0.3, -0.25) is 9.59 Å². The van der Waals surface area contributed by atoms with Gasteiger partial charge in [-0.15, -0.1) is 0 Å². The Hall–Kier alpha value is -1.93. The second-order valence-corrected chi connectivity index (χ2v) is 6.61. The molecule has 2 rings (SSSR count). The van der Waals surface area contributed by atoms with Crippen LogP contribution >= 0.6 is 0 Å². The van der Waals surface area contributed by atoms with Crippen LogP contribution in [0.2, 0.25) is 0 Å². The molecule has 1 aliphatic carbocycles. The van der Waals surface area contributed by atoms with E-state index < -0.39 is 22.5 Å². The lowest BCUT2D eigenvalue weighted by molar-refractivity contribution is -0.148. The molecule has 0 spiro atoms. The number of rotatable bonds is 5. The van der Waals surface area contributed by atoms with Gasteiger partial charge >= 0.3 is 5.97 Å². The second-order valence-electron chi connectivity index (χ2n) is 5.05. The monoisotopic (exact) mass is 312 g/mol. The minimum Gasteiger partial charge on any atom is -0.455 e. The van der Waals surface area contributed by atoms with Crippen LogP contribution in [0, 0.1) is 11.8 Å². The second kappa shape index (κ2) is 5.82. The predicted molar refractivity (Wildman–Crippen MR) is 74.7 cm³/mol. The van der Waals surface area contributed by atoms with E-state index in [0.29, 0.717) is 5.92 Å². The Bertz CT molecular complexity index is 671. The number of esters is 1. The van der Waals surface area contributed by atoms with Crippen LogP contribution in [0.25, 0.3) is 0 Å². The molecule has 1 fully saturated rings. The smallest absolute Gasteiger partial charge is 0.309 e. The Morgan fingerprint density at radius 2 is 2.10 bits per heavy atom. The molecule has 0 saturated heterocycles. The van der Waals surface area contributed by atoms with Crippen molar-refractivity contribution in [3.63, 3.8) is 0 Å². The fraction of sp³-hybridized carbons (Fsp3) is 0.385. The maximum absolute atomic E-state index is 11.6. The highest BCUT2D eigenvalue weighted by molar-refractivity contribution is 7.89. The van der Waals surface area contributed by atoms with Crippen LogP contribution in [0.1, 0.15) is 13.3 Å². The number of benzene rings is 1. The van der Waals surface area contributed by atoms with Gasteiger partial charge in [0.05, 0.1) is 10.8 Å². The SMILES string of the molecule is C[C@@H]1C[C@@H]1C(=O)OCC(=O)Nc1cccc(S(N)(=O)=O)c1. The van der Waals surface area contributed by atoms with Gasteiger partial charge in [-0.05, 0) is 30.5 Å². The molecule has 1 amide bonds. The molecule has 0 radical (unpaired) electrons. The zero-order valence-corrected chi connectivity index (χ0v) is 12.2. The zero-order chi connectivity index (χ0) is 15.6. The largest absolute Gasteiger partial charge is 0.455 e. The summed E-state index contributed by atoms with van der Waals surface area (Å²) in [5.41, 5.74) is 0.266. The van der Waals surface area contributed by atoms with Gasteiger partial charge in [-0.2, -0.15) is 0 Å². The van der Waals surface area contributed by atoms with Crippen LogP contribution in [0.5, 0.6) is 0 Å². The van der Waals surface area contributed by atoms with E-state index in [9.17, 15) is 18.0 Å². The molecule has 3 N–H and O–H groups in total. The average molecular weight is 312 g/mol. The number of carbonyl (C=O) groups is 2. The van der Waals surface area contributed by atoms with Crippen molar-refractivity contribution in [3.8, 4) is 0 Å². The van der Waals surface area contributed by atoms with Gasteiger partial charge in [-0.1, -0.05) is 13.0 Å². The molecule has 1 aliphatic rings. The summed E-state index contributed by atoms with van der Waals surface area (Å²) in [6.45, 7) is 1.53. The standard InChI is InChI=1S/C13H16N2O5S/c1-8-5-11(8)13(17)20-7-12(16)15-9-3-2-4-10(6-9)21(14,18)19/h2-4,6,8,11H,5,7H2,1H3,(H,15,16)(H2,14,18,19)/t8-,11+/m1/s1. The van der Waals surface area contributed by atoms with Crippen molar-refractivity contribution in [2.45, 2.75) is 18.2 Å². The number of primary sulfonamides is 1. The van der Waals surface area contributed by atoms with E-state index >= 15 is 0 Å². The molecule has 21 heavy (non-hydrogen) atoms. The number of amides is 1. The number of carbonyl (C=O) groups excluding carboxylic acids is 2. The number of sulfonamides is 1. The van der Waals surface area contributed by atoms with Crippen molar-refractivity contribution in [3.05, 3.63) is 24.3 Å². The molecule has 2 atom stereocenters. The Labute approximate surface area is 122 Å². The minimum atomic E-state index is -3.83. The number of ether oxygens (including phenoxy) is 1. The van der Waals surface area contributed by atoms with Crippen LogP contribution in [0.4, 0.5) is 5.69 Å². The van der Waals surface area contributed by atoms with Gasteiger partial charge in [0.1, 0.15) is 0 Å². The van der Waals surface area contributed by atoms with Crippen LogP contribution in [-0.4, -0.2) is 26.9 Å². The van der Waals surface area contributed by atoms with Gasteiger partial charge in [0, 0.05) is 5.69 Å². The number of anilines is 1. The summed E-state index contributed by atoms with van der Waals surface area (Å²) >= 11 is 0. The third-order valence-corrected chi connectivity index (χ3v) is 4.12. The number of hydrogen-bond donors (Lipinski definition) is 2. The van der Waals surface area contributed by atoms with E-state index in [2.05, 4.69) is 5.32 Å². The van der Waals surface area contributed by atoms with Crippen molar-refractivity contribution in [2.24, 2.45) is 17.0 Å². The van der Waals surface area contributed by atoms with Gasteiger partial charge < -0.3 is 10.1 Å². The maximum Gasteiger partial charge on any atom is 0.309 e. The van der Waals surface area contributed by atoms with Crippen LogP contribution in [-0.2, 0) is 24.3 Å². The molecule has 0 aliphatic heterocycles. The lowest BCUT2D eigenvalue weighted by Gasteiger charge is -2.07. The van der Waals surface area contributed by atoms with E-state index in [4.69, 9.17) is 9.88 Å². The van der Waals surface area contributed by atoms with E-state index in [1.54, 1.807) is 0 Å².